The average Bonchev–Trinajstić information content (AvgIpc) is 2.64. The summed E-state index contributed by atoms with van der Waals surface area (Å²) in [5.41, 5.74) is 6.51. The number of rotatable bonds is 1. The molecule has 0 spiro atoms. The maximum absolute atomic E-state index is 12.2. The minimum Gasteiger partial charge on any atom is -0.356 e. The van der Waals surface area contributed by atoms with Crippen molar-refractivity contribution < 1.29 is 4.79 Å². The highest BCUT2D eigenvalue weighted by Crippen LogP contribution is 2.19. The minimum atomic E-state index is 0.0603. The SMILES string of the molecule is CC1CC(N)CCN1C(=O)c1cc(Br)c[nH]1. The van der Waals surface area contributed by atoms with Crippen LogP contribution in [-0.4, -0.2) is 34.4 Å². The van der Waals surface area contributed by atoms with Gasteiger partial charge in [0.05, 0.1) is 0 Å². The lowest BCUT2D eigenvalue weighted by Gasteiger charge is -2.36. The molecule has 1 aliphatic heterocycles. The van der Waals surface area contributed by atoms with Crippen LogP contribution < -0.4 is 5.73 Å². The maximum Gasteiger partial charge on any atom is 0.270 e. The molecule has 0 aromatic carbocycles. The Morgan fingerprint density at radius 2 is 2.44 bits per heavy atom. The number of hydrogen-bond donors (Lipinski definition) is 2. The zero-order valence-electron chi connectivity index (χ0n) is 9.24. The van der Waals surface area contributed by atoms with E-state index >= 15 is 0 Å². The van der Waals surface area contributed by atoms with Gasteiger partial charge in [0.15, 0.2) is 0 Å². The smallest absolute Gasteiger partial charge is 0.270 e. The van der Waals surface area contributed by atoms with Crippen LogP contribution in [0.4, 0.5) is 0 Å². The summed E-state index contributed by atoms with van der Waals surface area (Å²) in [6.07, 6.45) is 3.54. The van der Waals surface area contributed by atoms with E-state index in [0.717, 1.165) is 23.9 Å². The fraction of sp³-hybridized carbons (Fsp3) is 0.545. The first-order chi connectivity index (χ1) is 7.58. The second kappa shape index (κ2) is 4.59. The van der Waals surface area contributed by atoms with Crippen molar-refractivity contribution in [1.29, 1.82) is 0 Å². The quantitative estimate of drug-likeness (QED) is 0.826. The van der Waals surface area contributed by atoms with Gasteiger partial charge in [-0.3, -0.25) is 4.79 Å². The fourth-order valence-electron chi connectivity index (χ4n) is 2.16. The van der Waals surface area contributed by atoms with Crippen molar-refractivity contribution in [2.75, 3.05) is 6.54 Å². The third kappa shape index (κ3) is 2.30. The number of piperidine rings is 1. The van der Waals surface area contributed by atoms with Gasteiger partial charge >= 0.3 is 0 Å². The predicted molar refractivity (Wildman–Crippen MR) is 66.2 cm³/mol. The Labute approximate surface area is 103 Å². The number of aromatic nitrogens is 1. The van der Waals surface area contributed by atoms with Crippen LogP contribution >= 0.6 is 15.9 Å². The van der Waals surface area contributed by atoms with Crippen molar-refractivity contribution in [2.24, 2.45) is 5.73 Å². The number of H-pyrrole nitrogens is 1. The van der Waals surface area contributed by atoms with E-state index in [4.69, 9.17) is 5.73 Å². The third-order valence-electron chi connectivity index (χ3n) is 3.06. The standard InChI is InChI=1S/C11H16BrN3O/c1-7-4-9(13)2-3-15(7)11(16)10-5-8(12)6-14-10/h5-7,9,14H,2-4,13H2,1H3. The average molecular weight is 286 g/mol. The van der Waals surface area contributed by atoms with E-state index in [1.807, 2.05) is 11.0 Å². The molecule has 1 aromatic rings. The van der Waals surface area contributed by atoms with Crippen LogP contribution in [0.25, 0.3) is 0 Å². The highest BCUT2D eigenvalue weighted by Gasteiger charge is 2.28. The normalized spacial score (nSPS) is 25.8. The van der Waals surface area contributed by atoms with Crippen LogP contribution in [0.3, 0.4) is 0 Å². The molecule has 2 heterocycles. The topological polar surface area (TPSA) is 62.1 Å². The van der Waals surface area contributed by atoms with Gasteiger partial charge in [0.1, 0.15) is 5.69 Å². The summed E-state index contributed by atoms with van der Waals surface area (Å²) in [7, 11) is 0. The van der Waals surface area contributed by atoms with Crippen molar-refractivity contribution in [2.45, 2.75) is 31.8 Å². The summed E-state index contributed by atoms with van der Waals surface area (Å²) in [4.78, 5) is 17.0. The molecule has 1 saturated heterocycles. The monoisotopic (exact) mass is 285 g/mol. The molecule has 3 N–H and O–H groups in total. The molecule has 1 fully saturated rings. The molecule has 0 aliphatic carbocycles. The number of carbonyl (C=O) groups excluding carboxylic acids is 1. The van der Waals surface area contributed by atoms with E-state index in [1.54, 1.807) is 6.20 Å². The largest absolute Gasteiger partial charge is 0.356 e. The van der Waals surface area contributed by atoms with Crippen molar-refractivity contribution in [3.05, 3.63) is 22.4 Å². The number of nitrogens with one attached hydrogen (secondary N) is 1. The molecule has 16 heavy (non-hydrogen) atoms. The van der Waals surface area contributed by atoms with Crippen LogP contribution in [0, 0.1) is 0 Å². The zero-order chi connectivity index (χ0) is 11.7. The Balaban J connectivity index is 2.10. The summed E-state index contributed by atoms with van der Waals surface area (Å²) < 4.78 is 0.900. The summed E-state index contributed by atoms with van der Waals surface area (Å²) >= 11 is 3.33. The predicted octanol–water partition coefficient (Wildman–Crippen LogP) is 1.73. The Morgan fingerprint density at radius 3 is 3.00 bits per heavy atom. The van der Waals surface area contributed by atoms with Gasteiger partial charge in [-0.2, -0.15) is 0 Å². The van der Waals surface area contributed by atoms with E-state index in [1.165, 1.54) is 0 Å². The lowest BCUT2D eigenvalue weighted by Crippen LogP contribution is -2.48. The molecular weight excluding hydrogens is 270 g/mol. The minimum absolute atomic E-state index is 0.0603. The van der Waals surface area contributed by atoms with Gasteiger partial charge in [-0.25, -0.2) is 0 Å². The Kier molecular flexibility index (Phi) is 3.35. The molecule has 2 rings (SSSR count). The first-order valence-electron chi connectivity index (χ1n) is 5.48. The lowest BCUT2D eigenvalue weighted by atomic mass is 9.99. The van der Waals surface area contributed by atoms with Gasteiger partial charge in [-0.1, -0.05) is 0 Å². The molecule has 5 heteroatoms. The van der Waals surface area contributed by atoms with E-state index in [2.05, 4.69) is 27.8 Å². The van der Waals surface area contributed by atoms with Crippen molar-refractivity contribution in [1.82, 2.24) is 9.88 Å². The number of nitrogens with zero attached hydrogens (tertiary/aromatic N) is 1. The van der Waals surface area contributed by atoms with Crippen molar-refractivity contribution >= 4 is 21.8 Å². The molecule has 4 nitrogen and oxygen atoms in total. The summed E-state index contributed by atoms with van der Waals surface area (Å²) in [6.45, 7) is 2.80. The number of aromatic amines is 1. The number of likely N-dealkylation sites (tertiary alicyclic amines) is 1. The van der Waals surface area contributed by atoms with Gasteiger partial charge in [-0.15, -0.1) is 0 Å². The number of amides is 1. The van der Waals surface area contributed by atoms with Crippen molar-refractivity contribution in [3.63, 3.8) is 0 Å². The van der Waals surface area contributed by atoms with E-state index in [0.29, 0.717) is 5.69 Å². The van der Waals surface area contributed by atoms with Crippen LogP contribution in [0.5, 0.6) is 0 Å². The molecule has 2 unspecified atom stereocenters. The van der Waals surface area contributed by atoms with Gasteiger partial charge in [0.2, 0.25) is 0 Å². The molecule has 0 saturated carbocycles. The van der Waals surface area contributed by atoms with E-state index in [9.17, 15) is 4.79 Å². The van der Waals surface area contributed by atoms with Gasteiger partial charge in [0.25, 0.3) is 5.91 Å². The first-order valence-corrected chi connectivity index (χ1v) is 6.27. The van der Waals surface area contributed by atoms with Crippen LogP contribution in [0.1, 0.15) is 30.3 Å². The second-order valence-corrected chi connectivity index (χ2v) is 5.28. The van der Waals surface area contributed by atoms with Gasteiger partial charge in [0, 0.05) is 29.3 Å². The molecule has 0 bridgehead atoms. The summed E-state index contributed by atoms with van der Waals surface area (Å²) in [5.74, 6) is 0.0603. The summed E-state index contributed by atoms with van der Waals surface area (Å²) in [6, 6.07) is 2.26. The second-order valence-electron chi connectivity index (χ2n) is 4.36. The number of hydrogen-bond acceptors (Lipinski definition) is 2. The van der Waals surface area contributed by atoms with Gasteiger partial charge < -0.3 is 15.6 Å². The highest BCUT2D eigenvalue weighted by atomic mass is 79.9. The third-order valence-corrected chi connectivity index (χ3v) is 3.51. The number of halogens is 1. The van der Waals surface area contributed by atoms with Crippen LogP contribution in [0.15, 0.2) is 16.7 Å². The number of nitrogens with two attached hydrogens (primary N) is 1. The maximum atomic E-state index is 12.2. The lowest BCUT2D eigenvalue weighted by molar-refractivity contribution is 0.0613. The molecule has 1 aliphatic rings. The van der Waals surface area contributed by atoms with Crippen LogP contribution in [-0.2, 0) is 0 Å². The Hall–Kier alpha value is -0.810. The molecule has 2 atom stereocenters. The Bertz CT molecular complexity index is 390. The van der Waals surface area contributed by atoms with Crippen molar-refractivity contribution in [3.8, 4) is 0 Å². The molecular formula is C11H16BrN3O. The molecule has 1 aromatic heterocycles. The van der Waals surface area contributed by atoms with E-state index < -0.39 is 0 Å². The Morgan fingerprint density at radius 1 is 1.69 bits per heavy atom. The summed E-state index contributed by atoms with van der Waals surface area (Å²) in [5, 5.41) is 0. The van der Waals surface area contributed by atoms with Crippen LogP contribution in [0.2, 0.25) is 0 Å². The molecule has 1 amide bonds. The first kappa shape index (κ1) is 11.7. The molecule has 88 valence electrons. The molecule has 0 radical (unpaired) electrons. The number of carbonyl (C=O) groups is 1. The van der Waals surface area contributed by atoms with E-state index in [-0.39, 0.29) is 18.0 Å². The zero-order valence-corrected chi connectivity index (χ0v) is 10.8. The highest BCUT2D eigenvalue weighted by molar-refractivity contribution is 9.10. The van der Waals surface area contributed by atoms with Gasteiger partial charge in [-0.05, 0) is 41.8 Å². The fourth-order valence-corrected chi connectivity index (χ4v) is 2.50.